The van der Waals surface area contributed by atoms with Crippen LogP contribution in [-0.2, 0) is 6.42 Å². The molecule has 2 fully saturated rings. The molecule has 1 saturated carbocycles. The van der Waals surface area contributed by atoms with Gasteiger partial charge in [-0.05, 0) is 18.8 Å². The summed E-state index contributed by atoms with van der Waals surface area (Å²) in [5.41, 5.74) is 0.311. The Morgan fingerprint density at radius 3 is 3.37 bits per heavy atom. The van der Waals surface area contributed by atoms with E-state index < -0.39 is 0 Å². The van der Waals surface area contributed by atoms with Gasteiger partial charge in [0.1, 0.15) is 0 Å². The molecule has 0 radical (unpaired) electrons. The standard InChI is InChI=1S/C13H20N4OS/c1-10-3-2-5-13(7-10)8-19-12(17-13)14-6-4-11-15-9-16-18-11/h9-10H,2-8H2,1H3,(H,14,17). The van der Waals surface area contributed by atoms with Gasteiger partial charge in [-0.2, -0.15) is 4.98 Å². The Hall–Kier alpha value is -1.04. The van der Waals surface area contributed by atoms with Crippen LogP contribution in [0.25, 0.3) is 0 Å². The molecular formula is C13H20N4OS. The molecule has 104 valence electrons. The van der Waals surface area contributed by atoms with Crippen molar-refractivity contribution >= 4 is 16.9 Å². The van der Waals surface area contributed by atoms with Crippen molar-refractivity contribution < 1.29 is 4.52 Å². The highest BCUT2D eigenvalue weighted by Crippen LogP contribution is 2.38. The van der Waals surface area contributed by atoms with E-state index >= 15 is 0 Å². The van der Waals surface area contributed by atoms with E-state index in [4.69, 9.17) is 4.52 Å². The lowest BCUT2D eigenvalue weighted by atomic mass is 9.78. The SMILES string of the molecule is CC1CCCC2(CSC(=NCCc3ncno3)N2)C1. The topological polar surface area (TPSA) is 63.3 Å². The number of hydrogen-bond donors (Lipinski definition) is 1. The first-order valence-corrected chi connectivity index (χ1v) is 7.95. The van der Waals surface area contributed by atoms with Gasteiger partial charge < -0.3 is 9.84 Å². The summed E-state index contributed by atoms with van der Waals surface area (Å²) in [6.07, 6.45) is 7.43. The highest BCUT2D eigenvalue weighted by Gasteiger charge is 2.40. The lowest BCUT2D eigenvalue weighted by Crippen LogP contribution is -2.47. The number of nitrogens with one attached hydrogen (secondary N) is 1. The molecule has 3 rings (SSSR count). The highest BCUT2D eigenvalue weighted by molar-refractivity contribution is 8.14. The van der Waals surface area contributed by atoms with Gasteiger partial charge in [-0.1, -0.05) is 36.7 Å². The number of nitrogens with zero attached hydrogens (tertiary/aromatic N) is 3. The van der Waals surface area contributed by atoms with Crippen molar-refractivity contribution in [3.63, 3.8) is 0 Å². The molecule has 1 aromatic heterocycles. The molecule has 5 nitrogen and oxygen atoms in total. The van der Waals surface area contributed by atoms with Crippen molar-refractivity contribution in [2.24, 2.45) is 10.9 Å². The predicted octanol–water partition coefficient (Wildman–Crippen LogP) is 2.25. The van der Waals surface area contributed by atoms with Gasteiger partial charge in [-0.25, -0.2) is 0 Å². The van der Waals surface area contributed by atoms with Gasteiger partial charge in [0.05, 0.1) is 6.54 Å². The molecule has 1 spiro atoms. The van der Waals surface area contributed by atoms with E-state index in [0.29, 0.717) is 18.0 Å². The zero-order chi connectivity index (χ0) is 13.1. The lowest BCUT2D eigenvalue weighted by molar-refractivity contribution is 0.242. The Balaban J connectivity index is 1.53. The molecule has 2 atom stereocenters. The normalized spacial score (nSPS) is 32.9. The molecule has 2 unspecified atom stereocenters. The van der Waals surface area contributed by atoms with Gasteiger partial charge in [0.25, 0.3) is 0 Å². The molecule has 0 amide bonds. The molecule has 1 aromatic rings. The van der Waals surface area contributed by atoms with Crippen molar-refractivity contribution in [1.29, 1.82) is 0 Å². The molecular weight excluding hydrogens is 260 g/mol. The van der Waals surface area contributed by atoms with Crippen LogP contribution in [0.15, 0.2) is 15.8 Å². The largest absolute Gasteiger partial charge is 0.359 e. The third kappa shape index (κ3) is 3.11. The average molecular weight is 280 g/mol. The first-order valence-electron chi connectivity index (χ1n) is 6.97. The second kappa shape index (κ2) is 5.53. The van der Waals surface area contributed by atoms with Gasteiger partial charge in [-0.15, -0.1) is 0 Å². The average Bonchev–Trinajstić information content (AvgIpc) is 3.00. The zero-order valence-electron chi connectivity index (χ0n) is 11.3. The smallest absolute Gasteiger partial charge is 0.228 e. The summed E-state index contributed by atoms with van der Waals surface area (Å²) in [6.45, 7) is 3.07. The molecule has 19 heavy (non-hydrogen) atoms. The van der Waals surface area contributed by atoms with E-state index in [1.165, 1.54) is 32.0 Å². The molecule has 0 bridgehead atoms. The Kier molecular flexibility index (Phi) is 3.77. The maximum absolute atomic E-state index is 4.96. The Morgan fingerprint density at radius 2 is 2.58 bits per heavy atom. The molecule has 0 aromatic carbocycles. The number of amidine groups is 1. The van der Waals surface area contributed by atoms with Crippen LogP contribution < -0.4 is 5.32 Å². The van der Waals surface area contributed by atoms with Crippen molar-refractivity contribution in [3.8, 4) is 0 Å². The fourth-order valence-corrected chi connectivity index (χ4v) is 4.27. The minimum Gasteiger partial charge on any atom is -0.359 e. The summed E-state index contributed by atoms with van der Waals surface area (Å²) in [4.78, 5) is 8.61. The number of thioether (sulfide) groups is 1. The van der Waals surface area contributed by atoms with Gasteiger partial charge in [0, 0.05) is 17.7 Å². The second-order valence-corrected chi connectivity index (χ2v) is 6.63. The quantitative estimate of drug-likeness (QED) is 0.920. The van der Waals surface area contributed by atoms with Crippen LogP contribution in [0.2, 0.25) is 0 Å². The lowest BCUT2D eigenvalue weighted by Gasteiger charge is -2.36. The minimum atomic E-state index is 0.311. The highest BCUT2D eigenvalue weighted by atomic mass is 32.2. The molecule has 1 aliphatic carbocycles. The fourth-order valence-electron chi connectivity index (χ4n) is 3.05. The molecule has 2 heterocycles. The number of aromatic nitrogens is 2. The van der Waals surface area contributed by atoms with Crippen LogP contribution in [0.5, 0.6) is 0 Å². The summed E-state index contributed by atoms with van der Waals surface area (Å²) >= 11 is 1.86. The summed E-state index contributed by atoms with van der Waals surface area (Å²) in [5, 5.41) is 8.35. The summed E-state index contributed by atoms with van der Waals surface area (Å²) in [5.74, 6) is 2.66. The van der Waals surface area contributed by atoms with E-state index in [0.717, 1.165) is 23.3 Å². The maximum Gasteiger partial charge on any atom is 0.228 e. The van der Waals surface area contributed by atoms with Crippen molar-refractivity contribution in [2.45, 2.75) is 44.6 Å². The van der Waals surface area contributed by atoms with Crippen molar-refractivity contribution in [2.75, 3.05) is 12.3 Å². The van der Waals surface area contributed by atoms with E-state index in [2.05, 4.69) is 27.4 Å². The van der Waals surface area contributed by atoms with Crippen LogP contribution in [-0.4, -0.2) is 33.1 Å². The van der Waals surface area contributed by atoms with Crippen LogP contribution in [0.3, 0.4) is 0 Å². The first kappa shape index (κ1) is 13.0. The number of hydrogen-bond acceptors (Lipinski definition) is 5. The van der Waals surface area contributed by atoms with E-state index in [1.807, 2.05) is 11.8 Å². The van der Waals surface area contributed by atoms with Crippen LogP contribution in [0.1, 0.15) is 38.5 Å². The van der Waals surface area contributed by atoms with Crippen LogP contribution in [0.4, 0.5) is 0 Å². The van der Waals surface area contributed by atoms with E-state index in [-0.39, 0.29) is 0 Å². The third-order valence-electron chi connectivity index (χ3n) is 3.94. The van der Waals surface area contributed by atoms with Gasteiger partial charge in [-0.3, -0.25) is 4.99 Å². The first-order chi connectivity index (χ1) is 9.26. The van der Waals surface area contributed by atoms with E-state index in [9.17, 15) is 0 Å². The van der Waals surface area contributed by atoms with Crippen LogP contribution in [0, 0.1) is 5.92 Å². The molecule has 1 saturated heterocycles. The minimum absolute atomic E-state index is 0.311. The fraction of sp³-hybridized carbons (Fsp3) is 0.769. The van der Waals surface area contributed by atoms with Crippen molar-refractivity contribution in [3.05, 3.63) is 12.2 Å². The van der Waals surface area contributed by atoms with Gasteiger partial charge in [0.2, 0.25) is 5.89 Å². The molecule has 2 aliphatic rings. The maximum atomic E-state index is 4.96. The Morgan fingerprint density at radius 1 is 1.63 bits per heavy atom. The van der Waals surface area contributed by atoms with Gasteiger partial charge >= 0.3 is 0 Å². The molecule has 1 aliphatic heterocycles. The van der Waals surface area contributed by atoms with Crippen molar-refractivity contribution in [1.82, 2.24) is 15.5 Å². The molecule has 1 N–H and O–H groups in total. The van der Waals surface area contributed by atoms with Gasteiger partial charge in [0.15, 0.2) is 11.5 Å². The molecule has 6 heteroatoms. The van der Waals surface area contributed by atoms with E-state index in [1.54, 1.807) is 0 Å². The second-order valence-electron chi connectivity index (χ2n) is 5.67. The predicted molar refractivity (Wildman–Crippen MR) is 76.3 cm³/mol. The monoisotopic (exact) mass is 280 g/mol. The number of rotatable bonds is 3. The third-order valence-corrected chi connectivity index (χ3v) is 5.14. The summed E-state index contributed by atoms with van der Waals surface area (Å²) < 4.78 is 4.96. The Labute approximate surface area is 117 Å². The summed E-state index contributed by atoms with van der Waals surface area (Å²) in [7, 11) is 0. The van der Waals surface area contributed by atoms with Crippen LogP contribution >= 0.6 is 11.8 Å². The summed E-state index contributed by atoms with van der Waals surface area (Å²) in [6, 6.07) is 0. The Bertz CT molecular complexity index is 448. The number of aliphatic imine (C=N–C) groups is 1. The zero-order valence-corrected chi connectivity index (χ0v) is 12.1.